The molecule has 0 unspecified atom stereocenters. The van der Waals surface area contributed by atoms with E-state index in [2.05, 4.69) is 0 Å². The Bertz CT molecular complexity index is 513. The summed E-state index contributed by atoms with van der Waals surface area (Å²) in [7, 11) is 0. The van der Waals surface area contributed by atoms with Crippen molar-refractivity contribution in [3.63, 3.8) is 0 Å². The van der Waals surface area contributed by atoms with E-state index >= 15 is 0 Å². The van der Waals surface area contributed by atoms with E-state index in [0.29, 0.717) is 0 Å². The van der Waals surface area contributed by atoms with Crippen molar-refractivity contribution in [1.29, 1.82) is 0 Å². The quantitative estimate of drug-likeness (QED) is 0.173. The third kappa shape index (κ3) is 12.3. The van der Waals surface area contributed by atoms with Crippen molar-refractivity contribution in [1.82, 2.24) is 0 Å². The van der Waals surface area contributed by atoms with Gasteiger partial charge in [-0.1, -0.05) is 0 Å². The second-order valence-electron chi connectivity index (χ2n) is 4.92. The monoisotopic (exact) mass is 440 g/mol. The van der Waals surface area contributed by atoms with Crippen molar-refractivity contribution in [2.75, 3.05) is 0 Å². The van der Waals surface area contributed by atoms with Crippen molar-refractivity contribution in [3.8, 4) is 0 Å². The second-order valence-corrected chi connectivity index (χ2v) is 4.92. The number of rotatable bonds is 10. The van der Waals surface area contributed by atoms with Crippen molar-refractivity contribution in [2.45, 2.75) is 36.9 Å². The Morgan fingerprint density at radius 3 is 0.778 bits per heavy atom. The molecule has 0 aromatic heterocycles. The average Bonchev–Trinajstić information content (AvgIpc) is 2.34. The van der Waals surface area contributed by atoms with Crippen LogP contribution in [0.15, 0.2) is 0 Å². The van der Waals surface area contributed by atoms with Gasteiger partial charge in [-0.2, -0.15) is 0 Å². The predicted octanol–water partition coefficient (Wildman–Crippen LogP) is -5.17. The Kier molecular flexibility index (Phi) is 12.7. The second kappa shape index (κ2) is 11.8. The Labute approximate surface area is 159 Å². The first-order chi connectivity index (χ1) is 11.6. The number of carboxylic acid groups (broad SMARTS) is 6. The number of carbonyl (C=O) groups is 6. The first kappa shape index (κ1) is 29.0. The molecule has 0 fully saturated rings. The average molecular weight is 441 g/mol. The molecule has 0 spiro atoms. The molecule has 156 valence electrons. The summed E-state index contributed by atoms with van der Waals surface area (Å²) in [5.41, 5.74) is -5.70. The molecule has 0 aromatic rings. The summed E-state index contributed by atoms with van der Waals surface area (Å²) in [5.74, 6) is -10.7. The zero-order valence-corrected chi connectivity index (χ0v) is 14.1. The van der Waals surface area contributed by atoms with Crippen LogP contribution in [0.5, 0.6) is 0 Å². The van der Waals surface area contributed by atoms with Crippen LogP contribution in [-0.4, -0.2) is 77.7 Å². The fourth-order valence-corrected chi connectivity index (χ4v) is 1.41. The number of aliphatic carboxylic acids is 6. The van der Waals surface area contributed by atoms with Crippen LogP contribution in [-0.2, 0) is 45.3 Å². The first-order valence-corrected chi connectivity index (χ1v) is 6.30. The van der Waals surface area contributed by atoms with Gasteiger partial charge < -0.3 is 50.4 Å². The number of carbonyl (C=O) groups excluding carboxylic acids is 2. The molecule has 27 heavy (non-hydrogen) atoms. The predicted molar refractivity (Wildman–Crippen MR) is 68.9 cm³/mol. The Morgan fingerprint density at radius 2 is 0.704 bits per heavy atom. The SMILES string of the molecule is O=C(O)CC(O)(CC(=O)O)C(=O)[O-].O=C(O)CC(O)(CC(=O)O)C(=O)[O-].[Ni+2]. The molecule has 0 aliphatic heterocycles. The standard InChI is InChI=1S/2C6H8O7.Ni/c2*7-3(8)1-6(13,5(11)12)2-4(9)10;/h2*13H,1-2H2,(H,7,8)(H,9,10)(H,11,12);/q;;+2/p-2. The number of aliphatic hydroxyl groups is 2. The molecule has 0 bridgehead atoms. The molecule has 0 aliphatic rings. The van der Waals surface area contributed by atoms with Gasteiger partial charge in [0.25, 0.3) is 0 Å². The zero-order chi connectivity index (χ0) is 21.3. The van der Waals surface area contributed by atoms with Crippen LogP contribution < -0.4 is 10.2 Å². The van der Waals surface area contributed by atoms with Gasteiger partial charge in [0.2, 0.25) is 0 Å². The molecular weight excluding hydrogens is 427 g/mol. The van der Waals surface area contributed by atoms with E-state index in [9.17, 15) is 39.0 Å². The maximum absolute atomic E-state index is 10.2. The van der Waals surface area contributed by atoms with Gasteiger partial charge in [0.1, 0.15) is 11.2 Å². The van der Waals surface area contributed by atoms with Gasteiger partial charge in [0, 0.05) is 0 Å². The molecule has 0 amide bonds. The fourth-order valence-electron chi connectivity index (χ4n) is 1.41. The summed E-state index contributed by atoms with van der Waals surface area (Å²) in [5, 5.41) is 71.1. The van der Waals surface area contributed by atoms with Crippen molar-refractivity contribution in [2.24, 2.45) is 0 Å². The van der Waals surface area contributed by atoms with Crippen LogP contribution in [0.2, 0.25) is 0 Å². The van der Waals surface area contributed by atoms with Crippen molar-refractivity contribution in [3.05, 3.63) is 0 Å². The minimum atomic E-state index is -2.85. The molecule has 6 N–H and O–H groups in total. The summed E-state index contributed by atoms with van der Waals surface area (Å²) in [6, 6.07) is 0. The molecule has 0 aliphatic carbocycles. The summed E-state index contributed by atoms with van der Waals surface area (Å²) >= 11 is 0. The van der Waals surface area contributed by atoms with Gasteiger partial charge >= 0.3 is 40.4 Å². The van der Waals surface area contributed by atoms with Crippen LogP contribution in [0.3, 0.4) is 0 Å². The Morgan fingerprint density at radius 1 is 0.556 bits per heavy atom. The maximum Gasteiger partial charge on any atom is 2.00 e. The van der Waals surface area contributed by atoms with E-state index in [1.165, 1.54) is 0 Å². The van der Waals surface area contributed by atoms with E-state index < -0.39 is 72.7 Å². The largest absolute Gasteiger partial charge is 2.00 e. The van der Waals surface area contributed by atoms with E-state index in [-0.39, 0.29) is 16.5 Å². The minimum absolute atomic E-state index is 0. The topological polar surface area (TPSA) is 270 Å². The third-order valence-electron chi connectivity index (χ3n) is 2.53. The van der Waals surface area contributed by atoms with Gasteiger partial charge in [-0.05, 0) is 0 Å². The van der Waals surface area contributed by atoms with Gasteiger partial charge in [0.15, 0.2) is 0 Å². The summed E-state index contributed by atoms with van der Waals surface area (Å²) in [4.78, 5) is 60.6. The van der Waals surface area contributed by atoms with Crippen LogP contribution >= 0.6 is 0 Å². The maximum atomic E-state index is 10.2. The smallest absolute Gasteiger partial charge is 0.547 e. The molecular formula is C12H14NiO14. The molecule has 15 heteroatoms. The third-order valence-corrected chi connectivity index (χ3v) is 2.53. The molecule has 0 atom stereocenters. The molecule has 0 saturated heterocycles. The van der Waals surface area contributed by atoms with Gasteiger partial charge in [-0.15, -0.1) is 0 Å². The van der Waals surface area contributed by atoms with E-state index in [0.717, 1.165) is 0 Å². The van der Waals surface area contributed by atoms with Crippen LogP contribution in [0.4, 0.5) is 0 Å². The summed E-state index contributed by atoms with van der Waals surface area (Å²) < 4.78 is 0. The molecule has 0 saturated carbocycles. The summed E-state index contributed by atoms with van der Waals surface area (Å²) in [6.45, 7) is 0. The molecule has 14 nitrogen and oxygen atoms in total. The molecule has 0 rings (SSSR count). The van der Waals surface area contributed by atoms with Crippen molar-refractivity contribution >= 4 is 35.8 Å². The number of carboxylic acids is 6. The van der Waals surface area contributed by atoms with Crippen molar-refractivity contribution < 1.29 is 86.1 Å². The van der Waals surface area contributed by atoms with Crippen LogP contribution in [0.25, 0.3) is 0 Å². The Balaban J connectivity index is -0.000000411. The number of hydrogen-bond acceptors (Lipinski definition) is 10. The zero-order valence-electron chi connectivity index (χ0n) is 13.1. The normalized spacial score (nSPS) is 10.4. The van der Waals surface area contributed by atoms with Crippen LogP contribution in [0, 0.1) is 0 Å². The van der Waals surface area contributed by atoms with E-state index in [1.54, 1.807) is 0 Å². The van der Waals surface area contributed by atoms with E-state index in [4.69, 9.17) is 30.6 Å². The van der Waals surface area contributed by atoms with E-state index in [1.807, 2.05) is 0 Å². The first-order valence-electron chi connectivity index (χ1n) is 6.30. The van der Waals surface area contributed by atoms with Crippen LogP contribution in [0.1, 0.15) is 25.7 Å². The number of hydrogen-bond donors (Lipinski definition) is 6. The van der Waals surface area contributed by atoms with Gasteiger partial charge in [0.05, 0.1) is 37.6 Å². The fraction of sp³-hybridized carbons (Fsp3) is 0.500. The minimum Gasteiger partial charge on any atom is -0.547 e. The summed E-state index contributed by atoms with van der Waals surface area (Å²) in [6.07, 6.45) is -4.83. The molecule has 0 heterocycles. The van der Waals surface area contributed by atoms with Gasteiger partial charge in [-0.3, -0.25) is 19.2 Å². The Hall–Kier alpha value is -2.77. The molecule has 0 radical (unpaired) electrons. The molecule has 0 aromatic carbocycles. The van der Waals surface area contributed by atoms with Gasteiger partial charge in [-0.25, -0.2) is 0 Å².